The summed E-state index contributed by atoms with van der Waals surface area (Å²) in [6.45, 7) is 4.55. The van der Waals surface area contributed by atoms with E-state index in [1.54, 1.807) is 23.6 Å². The third-order valence-corrected chi connectivity index (χ3v) is 5.32. The van der Waals surface area contributed by atoms with Crippen LogP contribution in [-0.2, 0) is 9.53 Å². The van der Waals surface area contributed by atoms with Crippen molar-refractivity contribution in [2.75, 3.05) is 13.2 Å². The van der Waals surface area contributed by atoms with Crippen molar-refractivity contribution in [2.24, 2.45) is 0 Å². The SMILES string of the molecule is CC(C)OCCCN1C(=O)C(O)=C(C(=O)c2cccs2)[C@@H]1c1cccc(F)c1. The van der Waals surface area contributed by atoms with Crippen molar-refractivity contribution >= 4 is 23.0 Å². The topological polar surface area (TPSA) is 66.8 Å². The highest BCUT2D eigenvalue weighted by molar-refractivity contribution is 7.12. The summed E-state index contributed by atoms with van der Waals surface area (Å²) in [5, 5.41) is 12.2. The third-order valence-electron chi connectivity index (χ3n) is 4.45. The molecule has 0 aliphatic carbocycles. The van der Waals surface area contributed by atoms with Gasteiger partial charge in [-0.05, 0) is 49.4 Å². The van der Waals surface area contributed by atoms with Crippen LogP contribution in [0.3, 0.4) is 0 Å². The zero-order valence-electron chi connectivity index (χ0n) is 15.7. The molecule has 7 heteroatoms. The molecular weight excluding hydrogens is 381 g/mol. The maximum Gasteiger partial charge on any atom is 0.290 e. The molecule has 1 aliphatic rings. The number of halogens is 1. The van der Waals surface area contributed by atoms with E-state index in [2.05, 4.69) is 0 Å². The Kier molecular flexibility index (Phi) is 6.26. The molecule has 0 saturated heterocycles. The highest BCUT2D eigenvalue weighted by Gasteiger charge is 2.43. The van der Waals surface area contributed by atoms with Crippen molar-refractivity contribution in [1.29, 1.82) is 0 Å². The van der Waals surface area contributed by atoms with Crippen molar-refractivity contribution in [3.8, 4) is 0 Å². The average Bonchev–Trinajstić information content (AvgIpc) is 3.27. The Hall–Kier alpha value is -2.51. The molecule has 0 radical (unpaired) electrons. The van der Waals surface area contributed by atoms with Crippen LogP contribution in [0, 0.1) is 5.82 Å². The largest absolute Gasteiger partial charge is 0.503 e. The van der Waals surface area contributed by atoms with Crippen molar-refractivity contribution < 1.29 is 23.8 Å². The fraction of sp³-hybridized carbons (Fsp3) is 0.333. The number of carbonyl (C=O) groups excluding carboxylic acids is 2. The smallest absolute Gasteiger partial charge is 0.290 e. The van der Waals surface area contributed by atoms with E-state index in [0.29, 0.717) is 23.5 Å². The summed E-state index contributed by atoms with van der Waals surface area (Å²) in [4.78, 5) is 27.5. The van der Waals surface area contributed by atoms with Crippen molar-refractivity contribution in [3.05, 3.63) is 69.4 Å². The molecule has 1 atom stereocenters. The van der Waals surface area contributed by atoms with Gasteiger partial charge < -0.3 is 14.7 Å². The summed E-state index contributed by atoms with van der Waals surface area (Å²) in [6.07, 6.45) is 0.597. The average molecular weight is 403 g/mol. The van der Waals surface area contributed by atoms with Gasteiger partial charge in [0.15, 0.2) is 5.76 Å². The van der Waals surface area contributed by atoms with Gasteiger partial charge in [-0.1, -0.05) is 18.2 Å². The Morgan fingerprint density at radius 1 is 1.32 bits per heavy atom. The first-order chi connectivity index (χ1) is 13.4. The van der Waals surface area contributed by atoms with E-state index in [-0.39, 0.29) is 18.2 Å². The number of Topliss-reactive ketones (excluding diaryl/α,β-unsaturated/α-hetero) is 1. The number of ether oxygens (including phenoxy) is 1. The van der Waals surface area contributed by atoms with Crippen LogP contribution in [-0.4, -0.2) is 41.0 Å². The zero-order chi connectivity index (χ0) is 20.3. The summed E-state index contributed by atoms with van der Waals surface area (Å²) in [5.74, 6) is -2.09. The second-order valence-corrected chi connectivity index (χ2v) is 7.75. The van der Waals surface area contributed by atoms with Gasteiger partial charge in [-0.2, -0.15) is 0 Å². The molecule has 1 N–H and O–H groups in total. The lowest BCUT2D eigenvalue weighted by Crippen LogP contribution is -2.32. The first kappa shape index (κ1) is 20.2. The van der Waals surface area contributed by atoms with E-state index in [0.717, 1.165) is 0 Å². The van der Waals surface area contributed by atoms with Gasteiger partial charge in [0.2, 0.25) is 5.78 Å². The number of ketones is 1. The molecule has 28 heavy (non-hydrogen) atoms. The number of thiophene rings is 1. The van der Waals surface area contributed by atoms with Gasteiger partial charge in [0.1, 0.15) is 5.82 Å². The normalized spacial score (nSPS) is 17.1. The standard InChI is InChI=1S/C21H22FNO4S/c1-13(2)27-10-5-9-23-18(14-6-3-7-15(22)12-14)17(20(25)21(23)26)19(24)16-8-4-11-28-16/h3-4,6-8,11-13,18,25H,5,9-10H2,1-2H3/t18-/m0/s1. The lowest BCUT2D eigenvalue weighted by Gasteiger charge is -2.27. The number of nitrogens with zero attached hydrogens (tertiary/aromatic N) is 1. The van der Waals surface area contributed by atoms with Gasteiger partial charge in [-0.15, -0.1) is 11.3 Å². The summed E-state index contributed by atoms with van der Waals surface area (Å²) >= 11 is 1.23. The number of benzene rings is 1. The van der Waals surface area contributed by atoms with Crippen LogP contribution < -0.4 is 0 Å². The highest BCUT2D eigenvalue weighted by Crippen LogP contribution is 2.39. The Balaban J connectivity index is 1.94. The molecule has 3 rings (SSSR count). The molecule has 0 spiro atoms. The lowest BCUT2D eigenvalue weighted by atomic mass is 9.95. The van der Waals surface area contributed by atoms with E-state index in [1.807, 2.05) is 13.8 Å². The zero-order valence-corrected chi connectivity index (χ0v) is 16.5. The highest BCUT2D eigenvalue weighted by atomic mass is 32.1. The maximum absolute atomic E-state index is 13.9. The van der Waals surface area contributed by atoms with Crippen molar-refractivity contribution in [3.63, 3.8) is 0 Å². The van der Waals surface area contributed by atoms with Crippen LogP contribution in [0.15, 0.2) is 53.1 Å². The van der Waals surface area contributed by atoms with Crippen LogP contribution in [0.2, 0.25) is 0 Å². The molecule has 0 saturated carbocycles. The Bertz CT molecular complexity index is 892. The quantitative estimate of drug-likeness (QED) is 0.528. The molecule has 2 heterocycles. The van der Waals surface area contributed by atoms with Gasteiger partial charge in [-0.3, -0.25) is 9.59 Å². The Morgan fingerprint density at radius 2 is 2.11 bits per heavy atom. The monoisotopic (exact) mass is 403 g/mol. The number of amides is 1. The van der Waals surface area contributed by atoms with E-state index >= 15 is 0 Å². The van der Waals surface area contributed by atoms with Crippen LogP contribution >= 0.6 is 11.3 Å². The molecule has 0 unspecified atom stereocenters. The molecule has 1 aliphatic heterocycles. The minimum atomic E-state index is -0.836. The second-order valence-electron chi connectivity index (χ2n) is 6.80. The summed E-state index contributed by atoms with van der Waals surface area (Å²) in [5.41, 5.74) is 0.435. The molecule has 1 aromatic carbocycles. The number of carbonyl (C=O) groups is 2. The predicted octanol–water partition coefficient (Wildman–Crippen LogP) is 4.28. The van der Waals surface area contributed by atoms with Crippen LogP contribution in [0.25, 0.3) is 0 Å². The van der Waals surface area contributed by atoms with Crippen LogP contribution in [0.4, 0.5) is 4.39 Å². The fourth-order valence-electron chi connectivity index (χ4n) is 3.23. The third kappa shape index (κ3) is 4.15. The molecule has 1 amide bonds. The van der Waals surface area contributed by atoms with Crippen molar-refractivity contribution in [1.82, 2.24) is 4.90 Å². The predicted molar refractivity (Wildman–Crippen MR) is 105 cm³/mol. The summed E-state index contributed by atoms with van der Waals surface area (Å²) < 4.78 is 19.4. The maximum atomic E-state index is 13.9. The minimum Gasteiger partial charge on any atom is -0.503 e. The van der Waals surface area contributed by atoms with Crippen molar-refractivity contribution in [2.45, 2.75) is 32.4 Å². The van der Waals surface area contributed by atoms with E-state index < -0.39 is 29.3 Å². The number of aliphatic hydroxyl groups excluding tert-OH is 1. The second kappa shape index (κ2) is 8.67. The molecular formula is C21H22FNO4S. The first-order valence-corrected chi connectivity index (χ1v) is 9.97. The number of hydrogen-bond acceptors (Lipinski definition) is 5. The first-order valence-electron chi connectivity index (χ1n) is 9.09. The number of hydrogen-bond donors (Lipinski definition) is 1. The van der Waals surface area contributed by atoms with Gasteiger partial charge in [0.05, 0.1) is 22.6 Å². The molecule has 2 aromatic rings. The minimum absolute atomic E-state index is 0.0113. The molecule has 5 nitrogen and oxygen atoms in total. The van der Waals surface area contributed by atoms with Crippen LogP contribution in [0.5, 0.6) is 0 Å². The van der Waals surface area contributed by atoms with E-state index in [1.165, 1.54) is 34.4 Å². The van der Waals surface area contributed by atoms with E-state index in [4.69, 9.17) is 4.74 Å². The molecule has 148 valence electrons. The van der Waals surface area contributed by atoms with Gasteiger partial charge >= 0.3 is 0 Å². The van der Waals surface area contributed by atoms with Gasteiger partial charge in [0, 0.05) is 13.2 Å². The Morgan fingerprint density at radius 3 is 2.75 bits per heavy atom. The lowest BCUT2D eigenvalue weighted by molar-refractivity contribution is -0.129. The van der Waals surface area contributed by atoms with Gasteiger partial charge in [0.25, 0.3) is 5.91 Å². The summed E-state index contributed by atoms with van der Waals surface area (Å²) in [6, 6.07) is 8.29. The van der Waals surface area contributed by atoms with Gasteiger partial charge in [-0.25, -0.2) is 4.39 Å². The molecule has 0 bridgehead atoms. The number of rotatable bonds is 8. The molecule has 0 fully saturated rings. The fourth-order valence-corrected chi connectivity index (χ4v) is 3.91. The van der Waals surface area contributed by atoms with Crippen LogP contribution in [0.1, 0.15) is 41.5 Å². The van der Waals surface area contributed by atoms with E-state index in [9.17, 15) is 19.1 Å². The Labute approximate surface area is 167 Å². The molecule has 1 aromatic heterocycles. The summed E-state index contributed by atoms with van der Waals surface area (Å²) in [7, 11) is 0. The number of aliphatic hydroxyl groups is 1.